The van der Waals surface area contributed by atoms with Crippen molar-refractivity contribution in [1.82, 2.24) is 0 Å². The molecule has 1 nitrogen and oxygen atoms in total. The second-order valence-electron chi connectivity index (χ2n) is 2.43. The van der Waals surface area contributed by atoms with Crippen LogP contribution in [0.25, 0.3) is 0 Å². The molecule has 0 fully saturated rings. The third kappa shape index (κ3) is 6.64. The van der Waals surface area contributed by atoms with Crippen LogP contribution in [0.5, 0.6) is 0 Å². The molecule has 0 aromatic heterocycles. The molecule has 0 spiro atoms. The van der Waals surface area contributed by atoms with E-state index < -0.39 is 0 Å². The van der Waals surface area contributed by atoms with Gasteiger partial charge in [0, 0.05) is 17.8 Å². The topological polar surface area (TPSA) is 12.4 Å². The highest BCUT2D eigenvalue weighted by Gasteiger charge is 1.77. The van der Waals surface area contributed by atoms with Gasteiger partial charge >= 0.3 is 0 Å². The van der Waals surface area contributed by atoms with E-state index >= 15 is 0 Å². The summed E-state index contributed by atoms with van der Waals surface area (Å²) in [6.07, 6.45) is 1.71. The number of hydrogen-bond donors (Lipinski definition) is 0. The largest absolute Gasteiger partial charge is 0.205 e. The zero-order chi connectivity index (χ0) is 8.69. The Morgan fingerprint density at radius 2 is 1.91 bits per heavy atom. The molecule has 58 valence electrons. The summed E-state index contributed by atoms with van der Waals surface area (Å²) >= 11 is 0. The predicted molar refractivity (Wildman–Crippen MR) is 49.5 cm³/mol. The maximum Gasteiger partial charge on any atom is 0.0481 e. The van der Waals surface area contributed by atoms with Gasteiger partial charge in [-0.25, -0.2) is 4.99 Å². The van der Waals surface area contributed by atoms with E-state index in [-0.39, 0.29) is 0 Å². The quantitative estimate of drug-likeness (QED) is 0.307. The summed E-state index contributed by atoms with van der Waals surface area (Å²) in [7, 11) is 0. The normalized spacial score (nSPS) is 8.36. The monoisotopic (exact) mass is 147 g/mol. The van der Waals surface area contributed by atoms with Crippen molar-refractivity contribution < 1.29 is 0 Å². The van der Waals surface area contributed by atoms with Crippen LogP contribution in [0.1, 0.15) is 27.7 Å². The maximum atomic E-state index is 3.84. The second-order valence-corrected chi connectivity index (χ2v) is 2.43. The van der Waals surface area contributed by atoms with E-state index in [1.54, 1.807) is 13.1 Å². The fraction of sp³-hybridized carbons (Fsp3) is 0.400. The van der Waals surface area contributed by atoms with E-state index in [2.05, 4.69) is 22.7 Å². The summed E-state index contributed by atoms with van der Waals surface area (Å²) in [5.74, 6) is 2.68. The van der Waals surface area contributed by atoms with E-state index in [9.17, 15) is 0 Å². The molecule has 0 aromatic rings. The molecule has 0 aromatic carbocycles. The van der Waals surface area contributed by atoms with Gasteiger partial charge in [0.1, 0.15) is 0 Å². The van der Waals surface area contributed by atoms with Crippen molar-refractivity contribution in [3.8, 4) is 12.0 Å². The minimum absolute atomic E-state index is 1.01. The van der Waals surface area contributed by atoms with E-state index in [1.165, 1.54) is 0 Å². The van der Waals surface area contributed by atoms with E-state index in [0.29, 0.717) is 0 Å². The smallest absolute Gasteiger partial charge is 0.0481 e. The molecular weight excluding hydrogens is 134 g/mol. The average Bonchev–Trinajstić information content (AvgIpc) is 1.86. The first-order valence-electron chi connectivity index (χ1n) is 3.52. The first-order valence-corrected chi connectivity index (χ1v) is 3.52. The van der Waals surface area contributed by atoms with Crippen molar-refractivity contribution in [2.24, 2.45) is 4.99 Å². The Morgan fingerprint density at radius 1 is 1.27 bits per heavy atom. The van der Waals surface area contributed by atoms with Crippen LogP contribution in [0.15, 0.2) is 21.9 Å². The third-order valence-electron chi connectivity index (χ3n) is 0.882. The molecule has 0 bridgehead atoms. The molecule has 0 heterocycles. The molecular formula is C10H13N. The summed E-state index contributed by atoms with van der Waals surface area (Å²) in [5, 5.41) is 0. The van der Waals surface area contributed by atoms with Crippen molar-refractivity contribution in [3.05, 3.63) is 16.9 Å². The molecule has 0 radical (unpaired) electrons. The van der Waals surface area contributed by atoms with Crippen LogP contribution in [0.4, 0.5) is 0 Å². The SMILES string of the molecule is CC#CN=CC(C)=C=C(C)C. The summed E-state index contributed by atoms with van der Waals surface area (Å²) in [6, 6.07) is 2.60. The predicted octanol–water partition coefficient (Wildman–Crippen LogP) is 2.55. The molecule has 0 saturated carbocycles. The Bertz CT molecular complexity index is 261. The lowest BCUT2D eigenvalue weighted by molar-refractivity contribution is 1.39. The van der Waals surface area contributed by atoms with Gasteiger partial charge in [-0.3, -0.25) is 0 Å². The van der Waals surface area contributed by atoms with Crippen LogP contribution in [-0.4, -0.2) is 6.21 Å². The van der Waals surface area contributed by atoms with Gasteiger partial charge in [-0.1, -0.05) is 5.92 Å². The number of hydrogen-bond acceptors (Lipinski definition) is 1. The Hall–Kier alpha value is -1.25. The number of rotatable bonds is 1. The Balaban J connectivity index is 4.38. The van der Waals surface area contributed by atoms with Crippen molar-refractivity contribution in [2.75, 3.05) is 0 Å². The van der Waals surface area contributed by atoms with Crippen LogP contribution < -0.4 is 0 Å². The van der Waals surface area contributed by atoms with Crippen molar-refractivity contribution >= 4 is 6.21 Å². The van der Waals surface area contributed by atoms with E-state index in [4.69, 9.17) is 0 Å². The highest BCUT2D eigenvalue weighted by Crippen LogP contribution is 1.89. The van der Waals surface area contributed by atoms with Crippen LogP contribution in [0.2, 0.25) is 0 Å². The summed E-state index contributed by atoms with van der Waals surface area (Å²) in [6.45, 7) is 7.72. The van der Waals surface area contributed by atoms with Gasteiger partial charge in [-0.05, 0) is 33.3 Å². The van der Waals surface area contributed by atoms with Crippen molar-refractivity contribution in [3.63, 3.8) is 0 Å². The maximum absolute atomic E-state index is 3.84. The number of nitrogens with zero attached hydrogens (tertiary/aromatic N) is 1. The Morgan fingerprint density at radius 3 is 2.36 bits per heavy atom. The fourth-order valence-corrected chi connectivity index (χ4v) is 0.620. The number of aliphatic imine (C=N–C) groups is 1. The summed E-state index contributed by atoms with van der Waals surface area (Å²) in [5.41, 5.74) is 5.28. The zero-order valence-corrected chi connectivity index (χ0v) is 7.52. The summed E-state index contributed by atoms with van der Waals surface area (Å²) < 4.78 is 0. The molecule has 11 heavy (non-hydrogen) atoms. The molecule has 0 aliphatic rings. The second kappa shape index (κ2) is 5.53. The minimum Gasteiger partial charge on any atom is -0.205 e. The van der Waals surface area contributed by atoms with Gasteiger partial charge in [-0.15, -0.1) is 5.73 Å². The van der Waals surface area contributed by atoms with Gasteiger partial charge in [0.2, 0.25) is 0 Å². The number of allylic oxidation sites excluding steroid dienone is 1. The lowest BCUT2D eigenvalue weighted by Crippen LogP contribution is -1.73. The van der Waals surface area contributed by atoms with E-state index in [0.717, 1.165) is 11.1 Å². The first kappa shape index (κ1) is 9.75. The third-order valence-corrected chi connectivity index (χ3v) is 0.882. The molecule has 0 rings (SSSR count). The van der Waals surface area contributed by atoms with Gasteiger partial charge in [0.25, 0.3) is 0 Å². The zero-order valence-electron chi connectivity index (χ0n) is 7.52. The van der Waals surface area contributed by atoms with Crippen molar-refractivity contribution in [1.29, 1.82) is 0 Å². The molecule has 0 unspecified atom stereocenters. The standard InChI is InChI=1S/C10H13N/c1-5-6-11-8-10(4)7-9(2)3/h8H,1-4H3. The molecule has 0 saturated heterocycles. The molecule has 0 aliphatic carbocycles. The highest BCUT2D eigenvalue weighted by molar-refractivity contribution is 5.78. The van der Waals surface area contributed by atoms with E-state index in [1.807, 2.05) is 20.8 Å². The lowest BCUT2D eigenvalue weighted by atomic mass is 10.3. The van der Waals surface area contributed by atoms with Crippen LogP contribution in [0, 0.1) is 12.0 Å². The van der Waals surface area contributed by atoms with Crippen LogP contribution in [-0.2, 0) is 0 Å². The van der Waals surface area contributed by atoms with Gasteiger partial charge in [0.05, 0.1) is 0 Å². The fourth-order valence-electron chi connectivity index (χ4n) is 0.620. The molecule has 1 heteroatoms. The lowest BCUT2D eigenvalue weighted by Gasteiger charge is -1.82. The van der Waals surface area contributed by atoms with Gasteiger partial charge in [-0.2, -0.15) is 0 Å². The average molecular weight is 147 g/mol. The molecule has 0 atom stereocenters. The molecule has 0 amide bonds. The highest BCUT2D eigenvalue weighted by atomic mass is 14.6. The summed E-state index contributed by atoms with van der Waals surface area (Å²) in [4.78, 5) is 3.84. The van der Waals surface area contributed by atoms with Crippen molar-refractivity contribution in [2.45, 2.75) is 27.7 Å². The van der Waals surface area contributed by atoms with Gasteiger partial charge < -0.3 is 0 Å². The minimum atomic E-state index is 1.01. The molecule has 0 aliphatic heterocycles. The Labute approximate surface area is 68.5 Å². The Kier molecular flexibility index (Phi) is 4.90. The first-order chi connectivity index (χ1) is 5.16. The van der Waals surface area contributed by atoms with Gasteiger partial charge in [0.15, 0.2) is 0 Å². The van der Waals surface area contributed by atoms with Crippen LogP contribution in [0.3, 0.4) is 0 Å². The molecule has 0 N–H and O–H groups in total. The van der Waals surface area contributed by atoms with Crippen LogP contribution >= 0.6 is 0 Å².